The molecule has 3 N–H and O–H groups in total. The van der Waals surface area contributed by atoms with E-state index in [2.05, 4.69) is 21.2 Å². The highest BCUT2D eigenvalue weighted by molar-refractivity contribution is 5.89. The number of aromatic nitrogens is 2. The number of nitrogens with one attached hydrogen (secondary N) is 1. The molecule has 4 heteroatoms. The van der Waals surface area contributed by atoms with E-state index >= 15 is 0 Å². The molecule has 1 aromatic carbocycles. The predicted molar refractivity (Wildman–Crippen MR) is 65.3 cm³/mol. The van der Waals surface area contributed by atoms with Gasteiger partial charge < -0.3 is 11.1 Å². The Hall–Kier alpha value is -1.55. The van der Waals surface area contributed by atoms with Crippen LogP contribution in [0.2, 0.25) is 0 Å². The standard InChI is InChI=1S/C12H16N4/c13-11-5-1-3-9-7-15-16(12(9)11)10-4-2-6-14-8-10/h1,3,5,7,10,14H,2,4,6,8,13H2. The van der Waals surface area contributed by atoms with Crippen LogP contribution in [0.15, 0.2) is 24.4 Å². The maximum Gasteiger partial charge on any atom is 0.0915 e. The van der Waals surface area contributed by atoms with E-state index in [-0.39, 0.29) is 0 Å². The molecular formula is C12H16N4. The van der Waals surface area contributed by atoms with Crippen molar-refractivity contribution in [3.63, 3.8) is 0 Å². The average molecular weight is 216 g/mol. The summed E-state index contributed by atoms with van der Waals surface area (Å²) in [6.45, 7) is 2.11. The molecule has 1 saturated heterocycles. The fraction of sp³-hybridized carbons (Fsp3) is 0.417. The lowest BCUT2D eigenvalue weighted by Gasteiger charge is -2.24. The Bertz CT molecular complexity index is 497. The van der Waals surface area contributed by atoms with Crippen LogP contribution in [0, 0.1) is 0 Å². The normalized spacial score (nSPS) is 21.4. The SMILES string of the molecule is Nc1cccc2cnn(C3CCCNC3)c12. The van der Waals surface area contributed by atoms with Crippen molar-refractivity contribution >= 4 is 16.6 Å². The van der Waals surface area contributed by atoms with Crippen molar-refractivity contribution in [2.24, 2.45) is 0 Å². The van der Waals surface area contributed by atoms with Crippen molar-refractivity contribution in [1.29, 1.82) is 0 Å². The van der Waals surface area contributed by atoms with Crippen LogP contribution in [0.25, 0.3) is 10.9 Å². The van der Waals surface area contributed by atoms with Crippen molar-refractivity contribution in [2.45, 2.75) is 18.9 Å². The molecular weight excluding hydrogens is 200 g/mol. The minimum Gasteiger partial charge on any atom is -0.397 e. The molecule has 1 unspecified atom stereocenters. The molecule has 0 radical (unpaired) electrons. The van der Waals surface area contributed by atoms with Gasteiger partial charge in [0.25, 0.3) is 0 Å². The predicted octanol–water partition coefficient (Wildman–Crippen LogP) is 1.54. The number of rotatable bonds is 1. The number of piperidine rings is 1. The number of fused-ring (bicyclic) bond motifs is 1. The van der Waals surface area contributed by atoms with Crippen molar-refractivity contribution < 1.29 is 0 Å². The molecule has 0 aliphatic carbocycles. The lowest BCUT2D eigenvalue weighted by molar-refractivity contribution is 0.355. The molecule has 1 fully saturated rings. The number of nitrogens with zero attached hydrogens (tertiary/aromatic N) is 2. The Morgan fingerprint density at radius 3 is 3.19 bits per heavy atom. The zero-order valence-electron chi connectivity index (χ0n) is 9.19. The third kappa shape index (κ3) is 1.46. The number of para-hydroxylation sites is 1. The van der Waals surface area contributed by atoms with Crippen LogP contribution in [0.5, 0.6) is 0 Å². The molecule has 0 bridgehead atoms. The van der Waals surface area contributed by atoms with Crippen molar-refractivity contribution in [3.8, 4) is 0 Å². The molecule has 3 rings (SSSR count). The first-order chi connectivity index (χ1) is 7.86. The van der Waals surface area contributed by atoms with E-state index < -0.39 is 0 Å². The van der Waals surface area contributed by atoms with Gasteiger partial charge in [-0.2, -0.15) is 5.10 Å². The molecule has 1 atom stereocenters. The van der Waals surface area contributed by atoms with E-state index in [1.54, 1.807) is 0 Å². The quantitative estimate of drug-likeness (QED) is 0.711. The molecule has 16 heavy (non-hydrogen) atoms. The summed E-state index contributed by atoms with van der Waals surface area (Å²) < 4.78 is 2.08. The summed E-state index contributed by atoms with van der Waals surface area (Å²) in [5.74, 6) is 0. The van der Waals surface area contributed by atoms with E-state index in [1.165, 1.54) is 12.8 Å². The maximum absolute atomic E-state index is 6.03. The molecule has 1 aliphatic heterocycles. The van der Waals surface area contributed by atoms with Gasteiger partial charge in [-0.15, -0.1) is 0 Å². The van der Waals surface area contributed by atoms with Gasteiger partial charge in [-0.3, -0.25) is 4.68 Å². The first-order valence-electron chi connectivity index (χ1n) is 5.78. The first-order valence-corrected chi connectivity index (χ1v) is 5.78. The molecule has 1 aliphatic rings. The largest absolute Gasteiger partial charge is 0.397 e. The van der Waals surface area contributed by atoms with Gasteiger partial charge in [-0.25, -0.2) is 0 Å². The summed E-state index contributed by atoms with van der Waals surface area (Å²) >= 11 is 0. The zero-order valence-corrected chi connectivity index (χ0v) is 9.19. The Balaban J connectivity index is 2.09. The molecule has 0 saturated carbocycles. The number of nitrogens with two attached hydrogens (primary N) is 1. The van der Waals surface area contributed by atoms with Crippen LogP contribution >= 0.6 is 0 Å². The van der Waals surface area contributed by atoms with E-state index in [0.717, 1.165) is 29.7 Å². The lowest BCUT2D eigenvalue weighted by atomic mass is 10.1. The molecule has 1 aromatic heterocycles. The van der Waals surface area contributed by atoms with Crippen LogP contribution in [0.4, 0.5) is 5.69 Å². The number of hydrogen-bond donors (Lipinski definition) is 2. The third-order valence-corrected chi connectivity index (χ3v) is 3.27. The highest BCUT2D eigenvalue weighted by Gasteiger charge is 2.18. The Kier molecular flexibility index (Phi) is 2.29. The second-order valence-corrected chi connectivity index (χ2v) is 4.37. The average Bonchev–Trinajstić information content (AvgIpc) is 2.75. The van der Waals surface area contributed by atoms with Gasteiger partial charge in [-0.05, 0) is 25.5 Å². The monoisotopic (exact) mass is 216 g/mol. The number of nitrogen functional groups attached to an aromatic ring is 1. The smallest absolute Gasteiger partial charge is 0.0915 e. The van der Waals surface area contributed by atoms with Crippen LogP contribution < -0.4 is 11.1 Å². The minimum atomic E-state index is 0.441. The highest BCUT2D eigenvalue weighted by atomic mass is 15.3. The van der Waals surface area contributed by atoms with Gasteiger partial charge in [0, 0.05) is 11.9 Å². The zero-order chi connectivity index (χ0) is 11.0. The molecule has 2 heterocycles. The van der Waals surface area contributed by atoms with Gasteiger partial charge in [0.2, 0.25) is 0 Å². The maximum atomic E-state index is 6.03. The third-order valence-electron chi connectivity index (χ3n) is 3.27. The van der Waals surface area contributed by atoms with Crippen LogP contribution in [-0.4, -0.2) is 22.9 Å². The Labute approximate surface area is 94.4 Å². The molecule has 2 aromatic rings. The number of anilines is 1. The lowest BCUT2D eigenvalue weighted by Crippen LogP contribution is -2.32. The Morgan fingerprint density at radius 1 is 1.44 bits per heavy atom. The topological polar surface area (TPSA) is 55.9 Å². The molecule has 84 valence electrons. The van der Waals surface area contributed by atoms with Gasteiger partial charge in [0.05, 0.1) is 23.4 Å². The Morgan fingerprint density at radius 2 is 2.38 bits per heavy atom. The molecule has 4 nitrogen and oxygen atoms in total. The fourth-order valence-electron chi connectivity index (χ4n) is 2.45. The van der Waals surface area contributed by atoms with Gasteiger partial charge in [-0.1, -0.05) is 12.1 Å². The summed E-state index contributed by atoms with van der Waals surface area (Å²) in [6.07, 6.45) is 4.29. The van der Waals surface area contributed by atoms with E-state index in [9.17, 15) is 0 Å². The first kappa shape index (κ1) is 9.66. The van der Waals surface area contributed by atoms with Crippen LogP contribution in [-0.2, 0) is 0 Å². The minimum absolute atomic E-state index is 0.441. The van der Waals surface area contributed by atoms with E-state index in [0.29, 0.717) is 6.04 Å². The summed E-state index contributed by atoms with van der Waals surface area (Å²) in [5, 5.41) is 9.01. The summed E-state index contributed by atoms with van der Waals surface area (Å²) in [6, 6.07) is 6.42. The molecule has 0 spiro atoms. The van der Waals surface area contributed by atoms with Gasteiger partial charge >= 0.3 is 0 Å². The van der Waals surface area contributed by atoms with Crippen LogP contribution in [0.3, 0.4) is 0 Å². The summed E-state index contributed by atoms with van der Waals surface area (Å²) in [5.41, 5.74) is 7.93. The summed E-state index contributed by atoms with van der Waals surface area (Å²) in [7, 11) is 0. The second-order valence-electron chi connectivity index (χ2n) is 4.37. The van der Waals surface area contributed by atoms with Crippen molar-refractivity contribution in [1.82, 2.24) is 15.1 Å². The fourth-order valence-corrected chi connectivity index (χ4v) is 2.45. The number of benzene rings is 1. The van der Waals surface area contributed by atoms with Crippen molar-refractivity contribution in [2.75, 3.05) is 18.8 Å². The van der Waals surface area contributed by atoms with Crippen LogP contribution in [0.1, 0.15) is 18.9 Å². The van der Waals surface area contributed by atoms with Gasteiger partial charge in [0.15, 0.2) is 0 Å². The van der Waals surface area contributed by atoms with E-state index in [4.69, 9.17) is 5.73 Å². The van der Waals surface area contributed by atoms with Crippen molar-refractivity contribution in [3.05, 3.63) is 24.4 Å². The number of hydrogen-bond acceptors (Lipinski definition) is 3. The molecule has 0 amide bonds. The second kappa shape index (κ2) is 3.79. The van der Waals surface area contributed by atoms with Gasteiger partial charge in [0.1, 0.15) is 0 Å². The van der Waals surface area contributed by atoms with E-state index in [1.807, 2.05) is 18.3 Å². The highest BCUT2D eigenvalue weighted by Crippen LogP contribution is 2.26. The summed E-state index contributed by atoms with van der Waals surface area (Å²) in [4.78, 5) is 0.